The molecule has 3 aromatic rings. The minimum atomic E-state index is -0.975. The molecule has 2 aromatic carbocycles. The van der Waals surface area contributed by atoms with Gasteiger partial charge in [0.25, 0.3) is 17.7 Å². The summed E-state index contributed by atoms with van der Waals surface area (Å²) in [4.78, 5) is 71.5. The summed E-state index contributed by atoms with van der Waals surface area (Å²) in [6.45, 7) is 6.27. The maximum atomic E-state index is 13.3. The van der Waals surface area contributed by atoms with Gasteiger partial charge in [-0.25, -0.2) is 0 Å². The number of rotatable bonds is 9. The number of ether oxygens (including phenoxy) is 1. The van der Waals surface area contributed by atoms with Crippen LogP contribution in [0.1, 0.15) is 75.3 Å². The highest BCUT2D eigenvalue weighted by atomic mass is 35.5. The zero-order chi connectivity index (χ0) is 39.4. The van der Waals surface area contributed by atoms with Crippen LogP contribution in [0.3, 0.4) is 0 Å². The minimum absolute atomic E-state index is 0.0203. The van der Waals surface area contributed by atoms with Crippen LogP contribution in [0.5, 0.6) is 5.75 Å². The Morgan fingerprint density at radius 3 is 2.32 bits per heavy atom. The molecule has 2 aliphatic carbocycles. The van der Waals surface area contributed by atoms with Crippen LogP contribution in [-0.2, 0) is 9.59 Å². The van der Waals surface area contributed by atoms with E-state index in [0.717, 1.165) is 87.9 Å². The predicted molar refractivity (Wildman–Crippen MR) is 207 cm³/mol. The van der Waals surface area contributed by atoms with Gasteiger partial charge in [0.1, 0.15) is 17.9 Å². The van der Waals surface area contributed by atoms with E-state index in [1.54, 1.807) is 36.4 Å². The van der Waals surface area contributed by atoms with E-state index in [-0.39, 0.29) is 30.9 Å². The van der Waals surface area contributed by atoms with Gasteiger partial charge in [-0.15, -0.1) is 10.2 Å². The molecule has 294 valence electrons. The Labute approximate surface area is 334 Å². The van der Waals surface area contributed by atoms with Crippen molar-refractivity contribution in [3.8, 4) is 11.8 Å². The van der Waals surface area contributed by atoms with Crippen LogP contribution in [0.15, 0.2) is 48.5 Å². The molecule has 5 amide bonds. The second-order valence-electron chi connectivity index (χ2n) is 16.0. The molecular formula is C41H42ClN9O6. The first-order valence-electron chi connectivity index (χ1n) is 19.7. The number of carbonyl (C=O) groups is 5. The van der Waals surface area contributed by atoms with E-state index >= 15 is 0 Å². The summed E-state index contributed by atoms with van der Waals surface area (Å²) in [5.41, 5.74) is 2.19. The Balaban J connectivity index is 0.702. The number of fused-ring (bicyclic) bond motifs is 2. The number of piperidine rings is 2. The van der Waals surface area contributed by atoms with Crippen molar-refractivity contribution < 1.29 is 28.7 Å². The van der Waals surface area contributed by atoms with E-state index in [1.807, 2.05) is 12.1 Å². The maximum absolute atomic E-state index is 13.3. The highest BCUT2D eigenvalue weighted by Crippen LogP contribution is 2.52. The summed E-state index contributed by atoms with van der Waals surface area (Å²) in [6, 6.07) is 15.2. The maximum Gasteiger partial charge on any atom is 0.272 e. The molecule has 4 atom stereocenters. The molecule has 9 rings (SSSR count). The van der Waals surface area contributed by atoms with E-state index in [1.165, 1.54) is 0 Å². The number of halogens is 1. The van der Waals surface area contributed by atoms with Gasteiger partial charge < -0.3 is 19.9 Å². The van der Waals surface area contributed by atoms with Crippen LogP contribution >= 0.6 is 11.6 Å². The number of imide groups is 2. The minimum Gasteiger partial charge on any atom is -0.490 e. The highest BCUT2D eigenvalue weighted by Gasteiger charge is 2.56. The Morgan fingerprint density at radius 2 is 1.63 bits per heavy atom. The smallest absolute Gasteiger partial charge is 0.272 e. The van der Waals surface area contributed by atoms with Crippen LogP contribution < -0.4 is 25.2 Å². The van der Waals surface area contributed by atoms with E-state index in [0.29, 0.717) is 50.9 Å². The lowest BCUT2D eigenvalue weighted by Gasteiger charge is -2.36. The molecule has 6 aliphatic rings. The topological polar surface area (TPSA) is 181 Å². The fraction of sp³-hybridized carbons (Fsp3) is 0.463. The molecule has 0 spiro atoms. The number of nitrogens with one attached hydrogen (secondary N) is 2. The molecular weight excluding hydrogens is 750 g/mol. The number of benzene rings is 2. The second-order valence-corrected chi connectivity index (χ2v) is 16.4. The molecule has 0 bridgehead atoms. The average Bonchev–Trinajstić information content (AvgIpc) is 3.51. The SMILES string of the molecule is N#Cc1ccc(O[C@H]2CC[C@H](NC(=O)c3ccc(N4C[C@@H]5[C@@H](CN6CCN(c7ccc8c(c7)C(=O)N(C7CCC(=O)NC7=O)C8=O)CC6)[C@@H]5C4)nn3)CC2)cc1Cl. The molecule has 0 radical (unpaired) electrons. The van der Waals surface area contributed by atoms with E-state index < -0.39 is 29.7 Å². The van der Waals surface area contributed by atoms with Gasteiger partial charge >= 0.3 is 0 Å². The molecule has 1 unspecified atom stereocenters. The number of amides is 5. The van der Waals surface area contributed by atoms with Crippen LogP contribution in [0.25, 0.3) is 0 Å². The van der Waals surface area contributed by atoms with Crippen LogP contribution in [-0.4, -0.2) is 114 Å². The van der Waals surface area contributed by atoms with Crippen LogP contribution in [0.2, 0.25) is 5.02 Å². The lowest BCUT2D eigenvalue weighted by molar-refractivity contribution is -0.136. The zero-order valence-corrected chi connectivity index (χ0v) is 32.0. The van der Waals surface area contributed by atoms with Crippen LogP contribution in [0.4, 0.5) is 11.5 Å². The first kappa shape index (κ1) is 37.0. The predicted octanol–water partition coefficient (Wildman–Crippen LogP) is 3.03. The first-order chi connectivity index (χ1) is 27.6. The molecule has 4 aliphatic heterocycles. The Kier molecular flexibility index (Phi) is 9.78. The van der Waals surface area contributed by atoms with Gasteiger partial charge in [-0.2, -0.15) is 5.26 Å². The van der Waals surface area contributed by atoms with Gasteiger partial charge in [0.15, 0.2) is 11.5 Å². The second kappa shape index (κ2) is 15.1. The third-order valence-electron chi connectivity index (χ3n) is 12.6. The van der Waals surface area contributed by atoms with Crippen LogP contribution in [0, 0.1) is 29.1 Å². The van der Waals surface area contributed by atoms with Crippen molar-refractivity contribution in [3.05, 3.63) is 75.9 Å². The molecule has 5 heterocycles. The van der Waals surface area contributed by atoms with E-state index in [4.69, 9.17) is 21.6 Å². The largest absolute Gasteiger partial charge is 0.490 e. The van der Waals surface area contributed by atoms with Crippen molar-refractivity contribution in [2.45, 2.75) is 56.7 Å². The number of aromatic nitrogens is 2. The first-order valence-corrected chi connectivity index (χ1v) is 20.1. The molecule has 1 aromatic heterocycles. The number of nitriles is 1. The Bertz CT molecular complexity index is 2170. The number of hydrogen-bond acceptors (Lipinski definition) is 12. The zero-order valence-electron chi connectivity index (χ0n) is 31.2. The monoisotopic (exact) mass is 791 g/mol. The summed E-state index contributed by atoms with van der Waals surface area (Å²) in [6.07, 6.45) is 3.40. The third-order valence-corrected chi connectivity index (χ3v) is 12.9. The van der Waals surface area contributed by atoms with Crippen molar-refractivity contribution in [2.24, 2.45) is 17.8 Å². The normalized spacial score (nSPS) is 27.1. The van der Waals surface area contributed by atoms with Gasteiger partial charge in [-0.05, 0) is 92.3 Å². The van der Waals surface area contributed by atoms with Gasteiger partial charge in [-0.3, -0.25) is 39.1 Å². The molecule has 2 N–H and O–H groups in total. The lowest BCUT2D eigenvalue weighted by atomic mass is 9.93. The third kappa shape index (κ3) is 7.28. The number of hydrogen-bond donors (Lipinski definition) is 2. The van der Waals surface area contributed by atoms with Crippen molar-refractivity contribution in [2.75, 3.05) is 55.6 Å². The average molecular weight is 792 g/mol. The number of carbonyl (C=O) groups excluding carboxylic acids is 5. The summed E-state index contributed by atoms with van der Waals surface area (Å²) in [7, 11) is 0. The standard InChI is InChI=1S/C41H42ClN9O6/c42-33-18-27(5-1-23(33)19-43)57-26-6-2-24(3-7-26)44-38(53)34-9-11-36(47-46-34)50-21-31-30(32(31)22-50)20-48-13-15-49(16-14-48)25-4-8-28-29(17-25)41(56)51(40(28)55)35-10-12-37(52)45-39(35)54/h1,4-5,8-9,11,17-18,24,26,30-32,35H,2-3,6-7,10,12-16,20-22H2,(H,44,53)(H,45,52,54)/t24-,26-,30-,31-,32+,35?. The van der Waals surface area contributed by atoms with E-state index in [9.17, 15) is 24.0 Å². The summed E-state index contributed by atoms with van der Waals surface area (Å²) in [5.74, 6) is 1.07. The molecule has 2 saturated carbocycles. The summed E-state index contributed by atoms with van der Waals surface area (Å²) in [5, 5.41) is 23.5. The van der Waals surface area contributed by atoms with Crippen molar-refractivity contribution in [1.82, 2.24) is 30.6 Å². The lowest BCUT2D eigenvalue weighted by Crippen LogP contribution is -2.54. The van der Waals surface area contributed by atoms with Gasteiger partial charge in [0.05, 0.1) is 27.8 Å². The van der Waals surface area contributed by atoms with Gasteiger partial charge in [0.2, 0.25) is 11.8 Å². The number of nitrogens with zero attached hydrogens (tertiary/aromatic N) is 7. The van der Waals surface area contributed by atoms with Gasteiger partial charge in [0, 0.05) is 70.0 Å². The van der Waals surface area contributed by atoms with Crippen molar-refractivity contribution in [1.29, 1.82) is 5.26 Å². The molecule has 5 fully saturated rings. The van der Waals surface area contributed by atoms with Crippen molar-refractivity contribution >= 4 is 52.6 Å². The molecule has 57 heavy (non-hydrogen) atoms. The highest BCUT2D eigenvalue weighted by molar-refractivity contribution is 6.31. The molecule has 3 saturated heterocycles. The number of piperazine rings is 1. The fourth-order valence-electron chi connectivity index (χ4n) is 9.30. The summed E-state index contributed by atoms with van der Waals surface area (Å²) < 4.78 is 6.08. The van der Waals surface area contributed by atoms with Gasteiger partial charge in [-0.1, -0.05) is 11.6 Å². The molecule has 16 heteroatoms. The van der Waals surface area contributed by atoms with Crippen molar-refractivity contribution in [3.63, 3.8) is 0 Å². The Morgan fingerprint density at radius 1 is 0.877 bits per heavy atom. The summed E-state index contributed by atoms with van der Waals surface area (Å²) >= 11 is 6.14. The Hall–Kier alpha value is -5.59. The number of anilines is 2. The quantitative estimate of drug-likeness (QED) is 0.303. The fourth-order valence-corrected chi connectivity index (χ4v) is 9.51. The van der Waals surface area contributed by atoms with E-state index in [2.05, 4.69) is 41.6 Å². The molecule has 15 nitrogen and oxygen atoms in total.